The van der Waals surface area contributed by atoms with Crippen LogP contribution in [0.1, 0.15) is 12.5 Å². The molecule has 100 valence electrons. The van der Waals surface area contributed by atoms with Gasteiger partial charge >= 0.3 is 0 Å². The lowest BCUT2D eigenvalue weighted by molar-refractivity contribution is -0.120. The van der Waals surface area contributed by atoms with E-state index in [2.05, 4.69) is 15.5 Å². The fourth-order valence-electron chi connectivity index (χ4n) is 1.48. The van der Waals surface area contributed by atoms with Gasteiger partial charge in [-0.25, -0.2) is 0 Å². The minimum Gasteiger partial charge on any atom is -0.351 e. The zero-order valence-corrected chi connectivity index (χ0v) is 12.0. The molecule has 2 aromatic rings. The summed E-state index contributed by atoms with van der Waals surface area (Å²) in [5, 5.41) is 9.94. The van der Waals surface area contributed by atoms with Crippen molar-refractivity contribution in [1.82, 2.24) is 15.5 Å². The molecule has 0 aliphatic heterocycles. The van der Waals surface area contributed by atoms with Crippen LogP contribution in [0.5, 0.6) is 0 Å². The van der Waals surface area contributed by atoms with E-state index in [1.165, 1.54) is 11.8 Å². The quantitative estimate of drug-likeness (QED) is 0.834. The summed E-state index contributed by atoms with van der Waals surface area (Å²) in [6.45, 7) is 2.37. The Hall–Kier alpha value is -1.46. The number of rotatable bonds is 5. The van der Waals surface area contributed by atoms with Gasteiger partial charge in [0.2, 0.25) is 5.91 Å². The van der Waals surface area contributed by atoms with Gasteiger partial charge in [-0.3, -0.25) is 9.89 Å². The highest BCUT2D eigenvalue weighted by molar-refractivity contribution is 8.00. The largest absolute Gasteiger partial charge is 0.351 e. The Morgan fingerprint density at radius 1 is 1.47 bits per heavy atom. The topological polar surface area (TPSA) is 57.8 Å². The van der Waals surface area contributed by atoms with Crippen molar-refractivity contribution < 1.29 is 4.79 Å². The molecule has 0 spiro atoms. The molecule has 2 N–H and O–H groups in total. The normalized spacial score (nSPS) is 12.1. The number of aromatic nitrogens is 2. The van der Waals surface area contributed by atoms with Crippen LogP contribution in [-0.4, -0.2) is 21.4 Å². The maximum absolute atomic E-state index is 11.9. The second-order valence-corrected chi connectivity index (χ2v) is 5.89. The molecule has 0 aliphatic carbocycles. The lowest BCUT2D eigenvalue weighted by Crippen LogP contribution is -2.30. The molecule has 0 bridgehead atoms. The van der Waals surface area contributed by atoms with Crippen LogP contribution in [0, 0.1) is 0 Å². The van der Waals surface area contributed by atoms with Crippen LogP contribution >= 0.6 is 23.4 Å². The minimum atomic E-state index is -0.159. The zero-order chi connectivity index (χ0) is 13.7. The van der Waals surface area contributed by atoms with Gasteiger partial charge in [0, 0.05) is 28.2 Å². The number of carbonyl (C=O) groups excluding carboxylic acids is 1. The zero-order valence-electron chi connectivity index (χ0n) is 10.4. The Labute approximate surface area is 120 Å². The van der Waals surface area contributed by atoms with Gasteiger partial charge < -0.3 is 5.32 Å². The van der Waals surface area contributed by atoms with E-state index in [9.17, 15) is 4.79 Å². The number of halogens is 1. The number of aromatic amines is 1. The van der Waals surface area contributed by atoms with Crippen molar-refractivity contribution in [3.8, 4) is 0 Å². The van der Waals surface area contributed by atoms with Crippen LogP contribution in [0.2, 0.25) is 5.02 Å². The van der Waals surface area contributed by atoms with Crippen molar-refractivity contribution in [2.24, 2.45) is 0 Å². The number of H-pyrrole nitrogens is 1. The predicted molar refractivity (Wildman–Crippen MR) is 77.2 cm³/mol. The fraction of sp³-hybridized carbons (Fsp3) is 0.231. The van der Waals surface area contributed by atoms with E-state index < -0.39 is 0 Å². The van der Waals surface area contributed by atoms with E-state index in [0.29, 0.717) is 11.6 Å². The van der Waals surface area contributed by atoms with Crippen LogP contribution in [0.3, 0.4) is 0 Å². The van der Waals surface area contributed by atoms with E-state index in [1.807, 2.05) is 31.2 Å². The van der Waals surface area contributed by atoms with Crippen LogP contribution in [0.4, 0.5) is 0 Å². The maximum atomic E-state index is 11.9. The highest BCUT2D eigenvalue weighted by Crippen LogP contribution is 2.24. The molecule has 1 heterocycles. The van der Waals surface area contributed by atoms with Crippen molar-refractivity contribution in [1.29, 1.82) is 0 Å². The molecule has 0 radical (unpaired) electrons. The van der Waals surface area contributed by atoms with E-state index in [-0.39, 0.29) is 11.2 Å². The third-order valence-electron chi connectivity index (χ3n) is 2.52. The summed E-state index contributed by atoms with van der Waals surface area (Å²) in [6.07, 6.45) is 3.45. The number of nitrogens with one attached hydrogen (secondary N) is 2. The summed E-state index contributed by atoms with van der Waals surface area (Å²) in [4.78, 5) is 12.9. The molecule has 4 nitrogen and oxygen atoms in total. The van der Waals surface area contributed by atoms with E-state index in [1.54, 1.807) is 12.4 Å². The summed E-state index contributed by atoms with van der Waals surface area (Å²) >= 11 is 7.32. The molecule has 1 atom stereocenters. The van der Waals surface area contributed by atoms with Crippen molar-refractivity contribution in [3.63, 3.8) is 0 Å². The van der Waals surface area contributed by atoms with Crippen LogP contribution in [0.25, 0.3) is 0 Å². The molecule has 6 heteroatoms. The SMILES string of the molecule is CC(Sc1ccc(Cl)cc1)C(=O)NCc1cn[nH]c1. The Morgan fingerprint density at radius 2 is 2.21 bits per heavy atom. The number of thioether (sulfide) groups is 1. The lowest BCUT2D eigenvalue weighted by atomic mass is 10.3. The summed E-state index contributed by atoms with van der Waals surface area (Å²) < 4.78 is 0. The molecule has 0 saturated carbocycles. The molecular weight excluding hydrogens is 282 g/mol. The average Bonchev–Trinajstić information content (AvgIpc) is 2.91. The van der Waals surface area contributed by atoms with E-state index in [4.69, 9.17) is 11.6 Å². The van der Waals surface area contributed by atoms with Crippen LogP contribution < -0.4 is 5.32 Å². The van der Waals surface area contributed by atoms with Gasteiger partial charge in [0.05, 0.1) is 11.4 Å². The first-order chi connectivity index (χ1) is 9.15. The van der Waals surface area contributed by atoms with Crippen molar-refractivity contribution >= 4 is 29.3 Å². The molecule has 1 amide bonds. The third-order valence-corrected chi connectivity index (χ3v) is 3.88. The number of hydrogen-bond donors (Lipinski definition) is 2. The molecule has 1 aromatic carbocycles. The van der Waals surface area contributed by atoms with Gasteiger partial charge in [-0.2, -0.15) is 5.10 Å². The van der Waals surface area contributed by atoms with Gasteiger partial charge in [-0.05, 0) is 31.2 Å². The monoisotopic (exact) mass is 295 g/mol. The number of amides is 1. The molecular formula is C13H14ClN3OS. The maximum Gasteiger partial charge on any atom is 0.233 e. The highest BCUT2D eigenvalue weighted by atomic mass is 35.5. The van der Waals surface area contributed by atoms with Gasteiger partial charge in [0.25, 0.3) is 0 Å². The van der Waals surface area contributed by atoms with Crippen molar-refractivity contribution in [3.05, 3.63) is 47.2 Å². The second-order valence-electron chi connectivity index (χ2n) is 4.04. The van der Waals surface area contributed by atoms with Crippen LogP contribution in [-0.2, 0) is 11.3 Å². The summed E-state index contributed by atoms with van der Waals surface area (Å²) in [7, 11) is 0. The standard InChI is InChI=1S/C13H14ClN3OS/c1-9(19-12-4-2-11(14)3-5-12)13(18)15-6-10-7-16-17-8-10/h2-5,7-9H,6H2,1H3,(H,15,18)(H,16,17). The Balaban J connectivity index is 1.83. The summed E-state index contributed by atoms with van der Waals surface area (Å²) in [5.74, 6) is 0.00106. The van der Waals surface area contributed by atoms with Gasteiger partial charge in [-0.15, -0.1) is 11.8 Å². The van der Waals surface area contributed by atoms with E-state index in [0.717, 1.165) is 10.5 Å². The molecule has 19 heavy (non-hydrogen) atoms. The summed E-state index contributed by atoms with van der Waals surface area (Å²) in [5.41, 5.74) is 0.956. The number of hydrogen-bond acceptors (Lipinski definition) is 3. The van der Waals surface area contributed by atoms with E-state index >= 15 is 0 Å². The molecule has 0 saturated heterocycles. The number of benzene rings is 1. The average molecular weight is 296 g/mol. The highest BCUT2D eigenvalue weighted by Gasteiger charge is 2.14. The van der Waals surface area contributed by atoms with Crippen LogP contribution in [0.15, 0.2) is 41.6 Å². The second kappa shape index (κ2) is 6.63. The van der Waals surface area contributed by atoms with Crippen molar-refractivity contribution in [2.45, 2.75) is 23.6 Å². The predicted octanol–water partition coefficient (Wildman–Crippen LogP) is 2.86. The number of carbonyl (C=O) groups is 1. The lowest BCUT2D eigenvalue weighted by Gasteiger charge is -2.11. The first-order valence-electron chi connectivity index (χ1n) is 5.83. The molecule has 0 fully saturated rings. The van der Waals surface area contributed by atoms with Gasteiger partial charge in [0.1, 0.15) is 0 Å². The molecule has 0 aliphatic rings. The first kappa shape index (κ1) is 14.0. The third kappa shape index (κ3) is 4.29. The van der Waals surface area contributed by atoms with Crippen molar-refractivity contribution in [2.75, 3.05) is 0 Å². The molecule has 1 aromatic heterocycles. The first-order valence-corrected chi connectivity index (χ1v) is 7.08. The Morgan fingerprint density at radius 3 is 2.84 bits per heavy atom. The molecule has 2 rings (SSSR count). The Kier molecular flexibility index (Phi) is 4.87. The fourth-order valence-corrected chi connectivity index (χ4v) is 2.50. The Bertz CT molecular complexity index is 527. The summed E-state index contributed by atoms with van der Waals surface area (Å²) in [6, 6.07) is 7.46. The smallest absolute Gasteiger partial charge is 0.233 e. The number of nitrogens with zero attached hydrogens (tertiary/aromatic N) is 1. The molecule has 1 unspecified atom stereocenters. The minimum absolute atomic E-state index is 0.00106. The van der Waals surface area contributed by atoms with Gasteiger partial charge in [-0.1, -0.05) is 11.6 Å². The van der Waals surface area contributed by atoms with Gasteiger partial charge in [0.15, 0.2) is 0 Å².